The largest absolute Gasteiger partial charge is 0.482 e. The maximum absolute atomic E-state index is 13.1. The van der Waals surface area contributed by atoms with Crippen molar-refractivity contribution >= 4 is 33.0 Å². The van der Waals surface area contributed by atoms with E-state index in [4.69, 9.17) is 4.74 Å². The van der Waals surface area contributed by atoms with E-state index < -0.39 is 15.1 Å². The van der Waals surface area contributed by atoms with E-state index in [1.807, 2.05) is 26.0 Å². The van der Waals surface area contributed by atoms with Crippen LogP contribution in [0.4, 0.5) is 11.4 Å². The maximum atomic E-state index is 13.1. The maximum Gasteiger partial charge on any atom is 0.262 e. The number of rotatable bonds is 5. The van der Waals surface area contributed by atoms with Gasteiger partial charge in [0, 0.05) is 18.2 Å². The van der Waals surface area contributed by atoms with E-state index in [1.165, 1.54) is 13.0 Å². The Morgan fingerprint density at radius 1 is 1.17 bits per heavy atom. The smallest absolute Gasteiger partial charge is 0.262 e. The average molecular weight is 416 g/mol. The molecule has 0 aromatic heterocycles. The first-order valence-corrected chi connectivity index (χ1v) is 10.8. The zero-order valence-electron chi connectivity index (χ0n) is 16.8. The molecule has 2 aromatic carbocycles. The summed E-state index contributed by atoms with van der Waals surface area (Å²) in [6, 6.07) is 8.63. The van der Waals surface area contributed by atoms with E-state index in [9.17, 15) is 18.0 Å². The summed E-state index contributed by atoms with van der Waals surface area (Å²) < 4.78 is 31.5. The van der Waals surface area contributed by atoms with Gasteiger partial charge in [0.2, 0.25) is 5.91 Å². The van der Waals surface area contributed by atoms with Gasteiger partial charge in [-0.25, -0.2) is 8.42 Å². The van der Waals surface area contributed by atoms with Crippen LogP contribution in [-0.4, -0.2) is 32.1 Å². The van der Waals surface area contributed by atoms with Crippen LogP contribution in [0.2, 0.25) is 0 Å². The highest BCUT2D eigenvalue weighted by molar-refractivity contribution is 7.92. The lowest BCUT2D eigenvalue weighted by molar-refractivity contribution is -0.118. The van der Waals surface area contributed by atoms with E-state index in [1.54, 1.807) is 19.1 Å². The van der Waals surface area contributed by atoms with E-state index in [0.29, 0.717) is 22.7 Å². The number of hydrogen-bond donors (Lipinski definition) is 2. The molecule has 1 aliphatic heterocycles. The Morgan fingerprint density at radius 3 is 2.59 bits per heavy atom. The number of amides is 2. The molecule has 0 unspecified atom stereocenters. The highest BCUT2D eigenvalue weighted by atomic mass is 32.2. The third-order valence-corrected chi connectivity index (χ3v) is 7.15. The lowest BCUT2D eigenvalue weighted by Gasteiger charge is -2.21. The Morgan fingerprint density at radius 2 is 1.90 bits per heavy atom. The van der Waals surface area contributed by atoms with Crippen LogP contribution in [0.3, 0.4) is 0 Å². The normalized spacial score (nSPS) is 14.4. The zero-order valence-corrected chi connectivity index (χ0v) is 17.6. The number of hydrogen-bond acceptors (Lipinski definition) is 5. The van der Waals surface area contributed by atoms with Crippen LogP contribution < -0.4 is 15.4 Å². The molecule has 154 valence electrons. The lowest BCUT2D eigenvalue weighted by Crippen LogP contribution is -2.27. The van der Waals surface area contributed by atoms with Crippen molar-refractivity contribution in [3.63, 3.8) is 0 Å². The van der Waals surface area contributed by atoms with Gasteiger partial charge in [-0.15, -0.1) is 0 Å². The molecule has 1 aliphatic rings. The third kappa shape index (κ3) is 4.42. The molecular weight excluding hydrogens is 392 g/mol. The minimum absolute atomic E-state index is 0.0965. The minimum Gasteiger partial charge on any atom is -0.482 e. The molecule has 7 nitrogen and oxygen atoms in total. The first-order valence-electron chi connectivity index (χ1n) is 9.26. The number of carbonyl (C=O) groups is 2. The second-order valence-electron chi connectivity index (χ2n) is 7.38. The van der Waals surface area contributed by atoms with Gasteiger partial charge in [0.25, 0.3) is 5.91 Å². The number of aryl methyl sites for hydroxylation is 3. The monoisotopic (exact) mass is 416 g/mol. The molecule has 2 N–H and O–H groups in total. The van der Waals surface area contributed by atoms with Crippen molar-refractivity contribution in [2.24, 2.45) is 0 Å². The topological polar surface area (TPSA) is 102 Å². The van der Waals surface area contributed by atoms with Crippen LogP contribution in [0.1, 0.15) is 30.0 Å². The van der Waals surface area contributed by atoms with Crippen molar-refractivity contribution < 1.29 is 22.7 Å². The summed E-state index contributed by atoms with van der Waals surface area (Å²) in [7, 11) is -3.77. The number of sulfone groups is 1. The minimum atomic E-state index is -3.77. The highest BCUT2D eigenvalue weighted by Gasteiger charge is 2.29. The lowest BCUT2D eigenvalue weighted by atomic mass is 10.1. The van der Waals surface area contributed by atoms with Gasteiger partial charge in [-0.3, -0.25) is 9.59 Å². The van der Waals surface area contributed by atoms with E-state index >= 15 is 0 Å². The predicted octanol–water partition coefficient (Wildman–Crippen LogP) is 3.13. The van der Waals surface area contributed by atoms with Gasteiger partial charge in [0.05, 0.1) is 15.8 Å². The van der Waals surface area contributed by atoms with Crippen LogP contribution >= 0.6 is 0 Å². The summed E-state index contributed by atoms with van der Waals surface area (Å²) in [6.45, 7) is 6.85. The number of ether oxygens (including phenoxy) is 1. The van der Waals surface area contributed by atoms with Gasteiger partial charge in [-0.05, 0) is 51.0 Å². The van der Waals surface area contributed by atoms with E-state index in [-0.39, 0.29) is 29.7 Å². The molecule has 0 saturated heterocycles. The SMILES string of the molecule is Cc1ccc(NC(=O)C[C@@H](C)S(=O)(=O)c2cc3c(cc2C)NC(=O)CO3)c(C)c1. The first kappa shape index (κ1) is 20.9. The number of nitrogens with one attached hydrogen (secondary N) is 2. The summed E-state index contributed by atoms with van der Waals surface area (Å²) in [5.74, 6) is -0.350. The molecular formula is C21H24N2O5S. The fraction of sp³-hybridized carbons (Fsp3) is 0.333. The van der Waals surface area contributed by atoms with Crippen molar-refractivity contribution in [3.8, 4) is 5.75 Å². The Balaban J connectivity index is 1.78. The summed E-state index contributed by atoms with van der Waals surface area (Å²) in [6.07, 6.45) is -0.177. The summed E-state index contributed by atoms with van der Waals surface area (Å²) in [4.78, 5) is 24.0. The second kappa shape index (κ2) is 7.87. The fourth-order valence-electron chi connectivity index (χ4n) is 3.27. The van der Waals surface area contributed by atoms with Crippen molar-refractivity contribution in [3.05, 3.63) is 47.0 Å². The number of benzene rings is 2. The number of fused-ring (bicyclic) bond motifs is 1. The highest BCUT2D eigenvalue weighted by Crippen LogP contribution is 2.34. The molecule has 8 heteroatoms. The molecule has 0 aliphatic carbocycles. The summed E-state index contributed by atoms with van der Waals surface area (Å²) in [5.41, 5.74) is 3.59. The number of carbonyl (C=O) groups excluding carboxylic acids is 2. The third-order valence-electron chi connectivity index (χ3n) is 4.88. The molecule has 0 saturated carbocycles. The van der Waals surface area contributed by atoms with Crippen molar-refractivity contribution in [2.45, 2.75) is 44.3 Å². The summed E-state index contributed by atoms with van der Waals surface area (Å²) in [5, 5.41) is 4.51. The summed E-state index contributed by atoms with van der Waals surface area (Å²) >= 11 is 0. The predicted molar refractivity (Wildman–Crippen MR) is 111 cm³/mol. The van der Waals surface area contributed by atoms with Crippen LogP contribution in [-0.2, 0) is 19.4 Å². The van der Waals surface area contributed by atoms with Crippen LogP contribution in [0.5, 0.6) is 5.75 Å². The molecule has 0 bridgehead atoms. The van der Waals surface area contributed by atoms with Crippen LogP contribution in [0.15, 0.2) is 35.2 Å². The van der Waals surface area contributed by atoms with Crippen LogP contribution in [0, 0.1) is 20.8 Å². The van der Waals surface area contributed by atoms with Gasteiger partial charge < -0.3 is 15.4 Å². The zero-order chi connectivity index (χ0) is 21.3. The average Bonchev–Trinajstić information content (AvgIpc) is 2.63. The van der Waals surface area contributed by atoms with Gasteiger partial charge in [0.15, 0.2) is 16.4 Å². The van der Waals surface area contributed by atoms with Crippen molar-refractivity contribution in [1.29, 1.82) is 0 Å². The molecule has 0 spiro atoms. The Hall–Kier alpha value is -2.87. The fourth-order valence-corrected chi connectivity index (χ4v) is 4.85. The standard InChI is InChI=1S/C21H24N2O5S/c1-12-5-6-16(13(2)7-12)22-20(24)9-15(4)29(26,27)19-10-18-17(8-14(19)3)23-21(25)11-28-18/h5-8,10,15H,9,11H2,1-4H3,(H,22,24)(H,23,25)/t15-/m1/s1. The van der Waals surface area contributed by atoms with Crippen molar-refractivity contribution in [1.82, 2.24) is 0 Å². The molecule has 1 atom stereocenters. The van der Waals surface area contributed by atoms with E-state index in [2.05, 4.69) is 10.6 Å². The second-order valence-corrected chi connectivity index (χ2v) is 9.71. The Bertz CT molecular complexity index is 1090. The molecule has 3 rings (SSSR count). The van der Waals surface area contributed by atoms with Gasteiger partial charge >= 0.3 is 0 Å². The quantitative estimate of drug-likeness (QED) is 0.780. The molecule has 2 amide bonds. The Kier molecular flexibility index (Phi) is 5.66. The van der Waals surface area contributed by atoms with Gasteiger partial charge in [0.1, 0.15) is 5.75 Å². The van der Waals surface area contributed by atoms with Crippen molar-refractivity contribution in [2.75, 3.05) is 17.2 Å². The molecule has 0 fully saturated rings. The van der Waals surface area contributed by atoms with Gasteiger partial charge in [-0.1, -0.05) is 17.7 Å². The van der Waals surface area contributed by atoms with E-state index in [0.717, 1.165) is 11.1 Å². The molecule has 1 heterocycles. The van der Waals surface area contributed by atoms with Gasteiger partial charge in [-0.2, -0.15) is 0 Å². The first-order chi connectivity index (χ1) is 13.6. The van der Waals surface area contributed by atoms with Crippen LogP contribution in [0.25, 0.3) is 0 Å². The molecule has 29 heavy (non-hydrogen) atoms. The molecule has 2 aromatic rings. The Labute approximate surface area is 170 Å². The molecule has 0 radical (unpaired) electrons. The number of anilines is 2.